The molecule has 6 nitrogen and oxygen atoms in total. The van der Waals surface area contributed by atoms with Gasteiger partial charge in [0.25, 0.3) is 0 Å². The number of carbonyl (C=O) groups excluding carboxylic acids is 2. The van der Waals surface area contributed by atoms with Crippen molar-refractivity contribution in [1.29, 1.82) is 0 Å². The molecule has 0 saturated heterocycles. The molecular formula is C15H28N4O2. The Labute approximate surface area is 127 Å². The Morgan fingerprint density at radius 2 is 1.24 bits per heavy atom. The predicted molar refractivity (Wildman–Crippen MR) is 86.0 cm³/mol. The van der Waals surface area contributed by atoms with Crippen LogP contribution >= 0.6 is 0 Å². The third-order valence-electron chi connectivity index (χ3n) is 3.04. The molecule has 0 fully saturated rings. The lowest BCUT2D eigenvalue weighted by Crippen LogP contribution is -2.35. The number of hydrogen-bond acceptors (Lipinski definition) is 4. The molecule has 2 N–H and O–H groups in total. The first-order valence-electron chi connectivity index (χ1n) is 7.17. The molecule has 21 heavy (non-hydrogen) atoms. The largest absolute Gasteiger partial charge is 0.351 e. The third-order valence-corrected chi connectivity index (χ3v) is 3.04. The fraction of sp³-hybridized carbons (Fsp3) is 0.600. The number of likely N-dealkylation sites (N-methyl/N-ethyl adjacent to an activating group) is 2. The number of rotatable bonds is 12. The second-order valence-electron chi connectivity index (χ2n) is 4.95. The fourth-order valence-electron chi connectivity index (χ4n) is 1.72. The highest BCUT2D eigenvalue weighted by Gasteiger charge is 2.02. The summed E-state index contributed by atoms with van der Waals surface area (Å²) in [5.74, 6) is -0.269. The zero-order valence-electron chi connectivity index (χ0n) is 13.2. The summed E-state index contributed by atoms with van der Waals surface area (Å²) >= 11 is 0. The molecule has 0 unspecified atom stereocenters. The van der Waals surface area contributed by atoms with Crippen LogP contribution < -0.4 is 10.6 Å². The number of carbonyl (C=O) groups is 2. The van der Waals surface area contributed by atoms with Crippen molar-refractivity contribution in [2.75, 3.05) is 53.4 Å². The van der Waals surface area contributed by atoms with Crippen LogP contribution in [-0.4, -0.2) is 75.0 Å². The van der Waals surface area contributed by atoms with Crippen molar-refractivity contribution >= 4 is 11.8 Å². The van der Waals surface area contributed by atoms with Crippen LogP contribution in [0.4, 0.5) is 0 Å². The summed E-state index contributed by atoms with van der Waals surface area (Å²) in [6.07, 6.45) is 3.60. The lowest BCUT2D eigenvalue weighted by molar-refractivity contribution is -0.117. The van der Waals surface area contributed by atoms with Crippen molar-refractivity contribution in [1.82, 2.24) is 20.4 Å². The van der Waals surface area contributed by atoms with Gasteiger partial charge in [0.1, 0.15) is 0 Å². The van der Waals surface area contributed by atoms with Crippen molar-refractivity contribution in [2.24, 2.45) is 0 Å². The topological polar surface area (TPSA) is 64.7 Å². The molecule has 0 aromatic heterocycles. The predicted octanol–water partition coefficient (Wildman–Crippen LogP) is -0.155. The Balaban J connectivity index is 3.54. The summed E-state index contributed by atoms with van der Waals surface area (Å²) < 4.78 is 0. The highest BCUT2D eigenvalue weighted by Crippen LogP contribution is 1.90. The maximum absolute atomic E-state index is 11.0. The van der Waals surface area contributed by atoms with Gasteiger partial charge >= 0.3 is 0 Å². The van der Waals surface area contributed by atoms with Gasteiger partial charge in [-0.25, -0.2) is 0 Å². The Bertz CT molecular complexity index is 313. The molecule has 0 heterocycles. The second-order valence-corrected chi connectivity index (χ2v) is 4.95. The highest BCUT2D eigenvalue weighted by molar-refractivity contribution is 5.87. The van der Waals surface area contributed by atoms with Gasteiger partial charge in [-0.3, -0.25) is 9.59 Å². The van der Waals surface area contributed by atoms with Gasteiger partial charge in [-0.05, 0) is 45.8 Å². The summed E-state index contributed by atoms with van der Waals surface area (Å²) in [5, 5.41) is 5.50. The van der Waals surface area contributed by atoms with Crippen LogP contribution in [0.3, 0.4) is 0 Å². The molecule has 0 saturated carbocycles. The molecule has 0 aliphatic heterocycles. The minimum Gasteiger partial charge on any atom is -0.351 e. The number of hydrogen-bond donors (Lipinski definition) is 2. The standard InChI is InChI=1S/C15H28N4O2/c1-5-14(20)16-8-12-18(3)10-7-11-19(4)13-9-17-15(21)6-2/h5-6H,1-2,7-13H2,3-4H3,(H,16,20)(H,17,21). The van der Waals surface area contributed by atoms with Gasteiger partial charge in [0.15, 0.2) is 0 Å². The zero-order valence-corrected chi connectivity index (χ0v) is 13.2. The van der Waals surface area contributed by atoms with E-state index in [4.69, 9.17) is 0 Å². The van der Waals surface area contributed by atoms with E-state index in [-0.39, 0.29) is 11.8 Å². The highest BCUT2D eigenvalue weighted by atomic mass is 16.2. The average molecular weight is 296 g/mol. The molecule has 0 atom stereocenters. The molecule has 0 aliphatic rings. The van der Waals surface area contributed by atoms with Crippen LogP contribution in [0.2, 0.25) is 0 Å². The van der Waals surface area contributed by atoms with Gasteiger partial charge in [-0.15, -0.1) is 0 Å². The molecule has 0 bridgehead atoms. The van der Waals surface area contributed by atoms with Crippen molar-refractivity contribution in [3.63, 3.8) is 0 Å². The van der Waals surface area contributed by atoms with Crippen LogP contribution in [0.5, 0.6) is 0 Å². The average Bonchev–Trinajstić information content (AvgIpc) is 2.46. The van der Waals surface area contributed by atoms with Gasteiger partial charge in [-0.1, -0.05) is 13.2 Å². The van der Waals surface area contributed by atoms with Gasteiger partial charge in [0.2, 0.25) is 11.8 Å². The SMILES string of the molecule is C=CC(=O)NCCN(C)CCCN(C)CCNC(=O)C=C. The maximum Gasteiger partial charge on any atom is 0.243 e. The van der Waals surface area contributed by atoms with Crippen LogP contribution in [0.15, 0.2) is 25.3 Å². The van der Waals surface area contributed by atoms with E-state index in [0.717, 1.165) is 32.6 Å². The summed E-state index contributed by atoms with van der Waals surface area (Å²) in [6.45, 7) is 11.6. The molecule has 2 amide bonds. The van der Waals surface area contributed by atoms with E-state index < -0.39 is 0 Å². The molecule has 0 spiro atoms. The minimum absolute atomic E-state index is 0.135. The monoisotopic (exact) mass is 296 g/mol. The quantitative estimate of drug-likeness (QED) is 0.491. The van der Waals surface area contributed by atoms with Crippen LogP contribution in [0, 0.1) is 0 Å². The van der Waals surface area contributed by atoms with Crippen molar-refractivity contribution in [2.45, 2.75) is 6.42 Å². The zero-order chi connectivity index (χ0) is 16.1. The lowest BCUT2D eigenvalue weighted by atomic mass is 10.3. The second kappa shape index (κ2) is 12.1. The Morgan fingerprint density at radius 1 is 0.857 bits per heavy atom. The Hall–Kier alpha value is -1.66. The fourth-order valence-corrected chi connectivity index (χ4v) is 1.72. The minimum atomic E-state index is -0.135. The first-order valence-corrected chi connectivity index (χ1v) is 7.17. The normalized spacial score (nSPS) is 10.5. The van der Waals surface area contributed by atoms with Crippen LogP contribution in [0.25, 0.3) is 0 Å². The Kier molecular flexibility index (Phi) is 11.2. The maximum atomic E-state index is 11.0. The van der Waals surface area contributed by atoms with Crippen molar-refractivity contribution in [3.8, 4) is 0 Å². The first kappa shape index (κ1) is 19.3. The van der Waals surface area contributed by atoms with Crippen molar-refractivity contribution < 1.29 is 9.59 Å². The molecular weight excluding hydrogens is 268 g/mol. The molecule has 6 heteroatoms. The summed E-state index contributed by atoms with van der Waals surface area (Å²) in [6, 6.07) is 0. The lowest BCUT2D eigenvalue weighted by Gasteiger charge is -2.20. The number of nitrogens with one attached hydrogen (secondary N) is 2. The van der Waals surface area contributed by atoms with E-state index in [2.05, 4.69) is 33.6 Å². The van der Waals surface area contributed by atoms with E-state index in [1.54, 1.807) is 0 Å². The Morgan fingerprint density at radius 3 is 1.57 bits per heavy atom. The number of amides is 2. The third kappa shape index (κ3) is 11.8. The summed E-state index contributed by atoms with van der Waals surface area (Å²) in [5.41, 5.74) is 0. The molecule has 120 valence electrons. The van der Waals surface area contributed by atoms with E-state index in [9.17, 15) is 9.59 Å². The summed E-state index contributed by atoms with van der Waals surface area (Å²) in [7, 11) is 4.06. The molecule has 0 aliphatic carbocycles. The van der Waals surface area contributed by atoms with E-state index in [1.807, 2.05) is 14.1 Å². The van der Waals surface area contributed by atoms with E-state index in [0.29, 0.717) is 13.1 Å². The number of nitrogens with zero attached hydrogens (tertiary/aromatic N) is 2. The van der Waals surface area contributed by atoms with Gasteiger partial charge in [0.05, 0.1) is 0 Å². The molecule has 0 radical (unpaired) electrons. The van der Waals surface area contributed by atoms with E-state index >= 15 is 0 Å². The van der Waals surface area contributed by atoms with Crippen molar-refractivity contribution in [3.05, 3.63) is 25.3 Å². The molecule has 0 aromatic carbocycles. The van der Waals surface area contributed by atoms with Crippen LogP contribution in [-0.2, 0) is 9.59 Å². The summed E-state index contributed by atoms with van der Waals surface area (Å²) in [4.78, 5) is 26.3. The van der Waals surface area contributed by atoms with E-state index in [1.165, 1.54) is 12.2 Å². The molecule has 0 aromatic rings. The first-order chi connectivity index (χ1) is 9.99. The van der Waals surface area contributed by atoms with Crippen LogP contribution in [0.1, 0.15) is 6.42 Å². The smallest absolute Gasteiger partial charge is 0.243 e. The van der Waals surface area contributed by atoms with Gasteiger partial charge in [0, 0.05) is 26.2 Å². The molecule has 0 rings (SSSR count). The van der Waals surface area contributed by atoms with Gasteiger partial charge in [-0.2, -0.15) is 0 Å². The van der Waals surface area contributed by atoms with Gasteiger partial charge < -0.3 is 20.4 Å².